The third-order valence-electron chi connectivity index (χ3n) is 6.53. The fraction of sp³-hybridized carbons (Fsp3) is 1.00. The summed E-state index contributed by atoms with van der Waals surface area (Å²) in [5, 5.41) is 0. The summed E-state index contributed by atoms with van der Waals surface area (Å²) < 4.78 is 0. The molecule has 0 aromatic rings. The van der Waals surface area contributed by atoms with Crippen molar-refractivity contribution < 1.29 is 0 Å². The molecule has 0 spiro atoms. The first-order valence-corrected chi connectivity index (χ1v) is 7.83. The van der Waals surface area contributed by atoms with Crippen molar-refractivity contribution in [2.75, 3.05) is 0 Å². The third kappa shape index (κ3) is 1.69. The van der Waals surface area contributed by atoms with Crippen LogP contribution in [0.25, 0.3) is 0 Å². The molecular formula is C16H29N. The van der Waals surface area contributed by atoms with E-state index in [1.807, 2.05) is 0 Å². The molecule has 0 aromatic carbocycles. The molecule has 4 rings (SSSR count). The van der Waals surface area contributed by atoms with Crippen molar-refractivity contribution in [3.8, 4) is 0 Å². The lowest BCUT2D eigenvalue weighted by molar-refractivity contribution is -0.0809. The summed E-state index contributed by atoms with van der Waals surface area (Å²) in [6.07, 6.45) is 8.72. The van der Waals surface area contributed by atoms with Gasteiger partial charge in [0.1, 0.15) is 0 Å². The van der Waals surface area contributed by atoms with Crippen LogP contribution in [0.2, 0.25) is 0 Å². The minimum absolute atomic E-state index is 0.114. The fourth-order valence-corrected chi connectivity index (χ4v) is 5.83. The molecule has 1 atom stereocenters. The number of rotatable bonds is 3. The molecule has 4 aliphatic carbocycles. The molecule has 1 unspecified atom stereocenters. The van der Waals surface area contributed by atoms with E-state index >= 15 is 0 Å². The van der Waals surface area contributed by atoms with Crippen LogP contribution in [0.1, 0.15) is 59.3 Å². The summed E-state index contributed by atoms with van der Waals surface area (Å²) >= 11 is 0. The molecular weight excluding hydrogens is 206 g/mol. The molecule has 4 fully saturated rings. The summed E-state index contributed by atoms with van der Waals surface area (Å²) in [4.78, 5) is 0. The SMILES string of the molecule is CCC(N)(C(C)C)C1C2CC3CC(C2)CC1C3. The topological polar surface area (TPSA) is 26.0 Å². The lowest BCUT2D eigenvalue weighted by Gasteiger charge is -2.60. The molecule has 17 heavy (non-hydrogen) atoms. The van der Waals surface area contributed by atoms with Gasteiger partial charge in [-0.05, 0) is 74.0 Å². The standard InChI is InChI=1S/C16H29N/c1-4-16(17,10(2)3)15-13-6-11-5-12(8-13)9-14(15)7-11/h10-15H,4-9,17H2,1-3H3. The summed E-state index contributed by atoms with van der Waals surface area (Å²) in [5.74, 6) is 5.55. The van der Waals surface area contributed by atoms with Crippen molar-refractivity contribution in [3.63, 3.8) is 0 Å². The molecule has 1 heteroatoms. The number of nitrogens with two attached hydrogens (primary N) is 1. The molecule has 2 N–H and O–H groups in total. The predicted molar refractivity (Wildman–Crippen MR) is 72.6 cm³/mol. The first-order valence-electron chi connectivity index (χ1n) is 7.83. The second kappa shape index (κ2) is 3.98. The van der Waals surface area contributed by atoms with Crippen molar-refractivity contribution >= 4 is 0 Å². The fourth-order valence-electron chi connectivity index (χ4n) is 5.83. The quantitative estimate of drug-likeness (QED) is 0.790. The zero-order valence-electron chi connectivity index (χ0n) is 11.8. The highest BCUT2D eigenvalue weighted by Gasteiger charge is 2.54. The van der Waals surface area contributed by atoms with E-state index in [9.17, 15) is 0 Å². The third-order valence-corrected chi connectivity index (χ3v) is 6.53. The van der Waals surface area contributed by atoms with Crippen LogP contribution in [0.15, 0.2) is 0 Å². The molecule has 0 aliphatic heterocycles. The molecule has 0 saturated heterocycles. The Morgan fingerprint density at radius 2 is 1.47 bits per heavy atom. The van der Waals surface area contributed by atoms with Gasteiger partial charge in [0.25, 0.3) is 0 Å². The number of hydrogen-bond donors (Lipinski definition) is 1. The molecule has 0 aromatic heterocycles. The summed E-state index contributed by atoms with van der Waals surface area (Å²) in [5.41, 5.74) is 6.98. The molecule has 0 radical (unpaired) electrons. The largest absolute Gasteiger partial charge is 0.325 e. The van der Waals surface area contributed by atoms with E-state index in [1.165, 1.54) is 25.7 Å². The Morgan fingerprint density at radius 3 is 1.82 bits per heavy atom. The average Bonchev–Trinajstić information content (AvgIpc) is 2.26. The van der Waals surface area contributed by atoms with Gasteiger partial charge < -0.3 is 5.73 Å². The van der Waals surface area contributed by atoms with Crippen LogP contribution in [0.4, 0.5) is 0 Å². The van der Waals surface area contributed by atoms with Gasteiger partial charge in [-0.25, -0.2) is 0 Å². The van der Waals surface area contributed by atoms with Crippen LogP contribution in [0.3, 0.4) is 0 Å². The maximum absolute atomic E-state index is 6.87. The van der Waals surface area contributed by atoms with Gasteiger partial charge in [-0.3, -0.25) is 0 Å². The van der Waals surface area contributed by atoms with Gasteiger partial charge in [0, 0.05) is 5.54 Å². The van der Waals surface area contributed by atoms with Crippen LogP contribution >= 0.6 is 0 Å². The summed E-state index contributed by atoms with van der Waals surface area (Å²) in [6.45, 7) is 6.99. The summed E-state index contributed by atoms with van der Waals surface area (Å²) in [6, 6.07) is 0. The van der Waals surface area contributed by atoms with Crippen molar-refractivity contribution in [3.05, 3.63) is 0 Å². The van der Waals surface area contributed by atoms with E-state index in [0.717, 1.165) is 36.0 Å². The molecule has 0 heterocycles. The highest BCUT2D eigenvalue weighted by Crippen LogP contribution is 2.59. The number of hydrogen-bond acceptors (Lipinski definition) is 1. The van der Waals surface area contributed by atoms with Gasteiger partial charge in [0.2, 0.25) is 0 Å². The highest BCUT2D eigenvalue weighted by molar-refractivity contribution is 5.07. The summed E-state index contributed by atoms with van der Waals surface area (Å²) in [7, 11) is 0. The van der Waals surface area contributed by atoms with E-state index in [4.69, 9.17) is 5.73 Å². The minimum atomic E-state index is 0.114. The zero-order chi connectivity index (χ0) is 12.2. The molecule has 0 amide bonds. The Bertz CT molecular complexity index is 268. The predicted octanol–water partition coefficient (Wildman–Crippen LogP) is 3.82. The average molecular weight is 235 g/mol. The monoisotopic (exact) mass is 235 g/mol. The van der Waals surface area contributed by atoms with Gasteiger partial charge in [0.05, 0.1) is 0 Å². The first kappa shape index (κ1) is 12.0. The lowest BCUT2D eigenvalue weighted by Crippen LogP contribution is -2.61. The maximum Gasteiger partial charge on any atom is 0.0208 e. The Morgan fingerprint density at radius 1 is 1.00 bits per heavy atom. The first-order chi connectivity index (χ1) is 8.04. The Balaban J connectivity index is 1.88. The molecule has 4 aliphatic rings. The van der Waals surface area contributed by atoms with Crippen molar-refractivity contribution in [1.29, 1.82) is 0 Å². The van der Waals surface area contributed by atoms with E-state index in [0.29, 0.717) is 5.92 Å². The van der Waals surface area contributed by atoms with Crippen LogP contribution in [-0.2, 0) is 0 Å². The molecule has 98 valence electrons. The minimum Gasteiger partial charge on any atom is -0.325 e. The highest BCUT2D eigenvalue weighted by atomic mass is 14.8. The van der Waals surface area contributed by atoms with Crippen LogP contribution < -0.4 is 5.73 Å². The molecule has 4 bridgehead atoms. The van der Waals surface area contributed by atoms with E-state index in [-0.39, 0.29) is 5.54 Å². The second-order valence-corrected chi connectivity index (χ2v) is 7.58. The van der Waals surface area contributed by atoms with Gasteiger partial charge in [-0.1, -0.05) is 20.8 Å². The Kier molecular flexibility index (Phi) is 2.81. The van der Waals surface area contributed by atoms with Gasteiger partial charge in [-0.15, -0.1) is 0 Å². The van der Waals surface area contributed by atoms with E-state index in [2.05, 4.69) is 20.8 Å². The normalized spacial score (nSPS) is 47.5. The van der Waals surface area contributed by atoms with Crippen LogP contribution in [-0.4, -0.2) is 5.54 Å². The Labute approximate surface area is 107 Å². The lowest BCUT2D eigenvalue weighted by atomic mass is 9.47. The molecule has 1 nitrogen and oxygen atoms in total. The zero-order valence-corrected chi connectivity index (χ0v) is 11.8. The van der Waals surface area contributed by atoms with E-state index < -0.39 is 0 Å². The smallest absolute Gasteiger partial charge is 0.0208 e. The van der Waals surface area contributed by atoms with Crippen LogP contribution in [0.5, 0.6) is 0 Å². The van der Waals surface area contributed by atoms with Gasteiger partial charge in [0.15, 0.2) is 0 Å². The van der Waals surface area contributed by atoms with Gasteiger partial charge >= 0.3 is 0 Å². The van der Waals surface area contributed by atoms with Crippen molar-refractivity contribution in [2.24, 2.45) is 41.2 Å². The van der Waals surface area contributed by atoms with Crippen molar-refractivity contribution in [1.82, 2.24) is 0 Å². The molecule has 4 saturated carbocycles. The Hall–Kier alpha value is -0.0400. The maximum atomic E-state index is 6.87. The van der Waals surface area contributed by atoms with Gasteiger partial charge in [-0.2, -0.15) is 0 Å². The van der Waals surface area contributed by atoms with Crippen molar-refractivity contribution in [2.45, 2.75) is 64.8 Å². The van der Waals surface area contributed by atoms with E-state index in [1.54, 1.807) is 6.42 Å². The second-order valence-electron chi connectivity index (χ2n) is 7.58. The van der Waals surface area contributed by atoms with Crippen LogP contribution in [0, 0.1) is 35.5 Å².